The molecule has 3 nitrogen and oxygen atoms in total. The van der Waals surface area contributed by atoms with Crippen molar-refractivity contribution in [2.24, 2.45) is 0 Å². The van der Waals surface area contributed by atoms with Crippen molar-refractivity contribution in [3.05, 3.63) is 29.8 Å². The molecular weight excluding hydrogens is 245 g/mol. The van der Waals surface area contributed by atoms with Gasteiger partial charge in [0.1, 0.15) is 0 Å². The summed E-state index contributed by atoms with van der Waals surface area (Å²) in [7, 11) is 0. The summed E-state index contributed by atoms with van der Waals surface area (Å²) in [5.74, 6) is 0.385. The highest BCUT2D eigenvalue weighted by atomic mass is 19.4. The third kappa shape index (κ3) is 4.47. The van der Waals surface area contributed by atoms with Crippen molar-refractivity contribution in [1.29, 1.82) is 0 Å². The predicted molar refractivity (Wildman–Crippen MR) is 61.7 cm³/mol. The van der Waals surface area contributed by atoms with Crippen LogP contribution in [0.15, 0.2) is 24.3 Å². The highest BCUT2D eigenvalue weighted by Gasteiger charge is 2.38. The van der Waals surface area contributed by atoms with Crippen LogP contribution in [-0.4, -0.2) is 18.6 Å². The number of hydrogen-bond acceptors (Lipinski definition) is 2. The van der Waals surface area contributed by atoms with E-state index in [1.807, 2.05) is 0 Å². The van der Waals surface area contributed by atoms with Gasteiger partial charge >= 0.3 is 12.1 Å². The summed E-state index contributed by atoms with van der Waals surface area (Å²) in [6, 6.07) is 6.10. The first-order valence-electron chi connectivity index (χ1n) is 5.05. The molecule has 0 atom stereocenters. The first-order valence-corrected chi connectivity index (χ1v) is 5.05. The number of amides is 1. The van der Waals surface area contributed by atoms with E-state index in [0.29, 0.717) is 13.1 Å². The summed E-state index contributed by atoms with van der Waals surface area (Å²) < 4.78 is 36.1. The first-order chi connectivity index (χ1) is 8.43. The largest absolute Gasteiger partial charge is 0.471 e. The van der Waals surface area contributed by atoms with Crippen molar-refractivity contribution in [3.63, 3.8) is 0 Å². The van der Waals surface area contributed by atoms with Gasteiger partial charge in [0.05, 0.1) is 6.54 Å². The zero-order valence-corrected chi connectivity index (χ0v) is 9.34. The second-order valence-electron chi connectivity index (χ2n) is 3.46. The molecule has 0 saturated carbocycles. The Kier molecular flexibility index (Phi) is 4.75. The average molecular weight is 256 g/mol. The van der Waals surface area contributed by atoms with E-state index in [1.165, 1.54) is 12.1 Å². The Morgan fingerprint density at radius 2 is 2.11 bits per heavy atom. The molecule has 0 saturated heterocycles. The molecule has 0 spiro atoms. The van der Waals surface area contributed by atoms with Gasteiger partial charge in [0.15, 0.2) is 0 Å². The molecule has 0 unspecified atom stereocenters. The third-order valence-corrected chi connectivity index (χ3v) is 2.00. The van der Waals surface area contributed by atoms with Crippen LogP contribution >= 0.6 is 0 Å². The molecule has 0 bridgehead atoms. The van der Waals surface area contributed by atoms with Gasteiger partial charge in [0, 0.05) is 12.2 Å². The molecule has 2 N–H and O–H groups in total. The molecule has 0 aromatic heterocycles. The predicted octanol–water partition coefficient (Wildman–Crippen LogP) is 1.91. The topological polar surface area (TPSA) is 41.1 Å². The van der Waals surface area contributed by atoms with E-state index in [0.717, 1.165) is 5.56 Å². The van der Waals surface area contributed by atoms with Crippen LogP contribution in [0, 0.1) is 12.3 Å². The highest BCUT2D eigenvalue weighted by molar-refractivity contribution is 5.94. The Bertz CT molecular complexity index is 463. The lowest BCUT2D eigenvalue weighted by Crippen LogP contribution is -2.29. The molecule has 1 rings (SSSR count). The molecule has 0 radical (unpaired) electrons. The summed E-state index contributed by atoms with van der Waals surface area (Å²) in [4.78, 5) is 10.7. The summed E-state index contributed by atoms with van der Waals surface area (Å²) in [5, 5.41) is 4.67. The van der Waals surface area contributed by atoms with Crippen LogP contribution in [0.5, 0.6) is 0 Å². The number of halogens is 3. The molecule has 0 fully saturated rings. The van der Waals surface area contributed by atoms with Gasteiger partial charge in [0.2, 0.25) is 0 Å². The van der Waals surface area contributed by atoms with Crippen LogP contribution in [0.25, 0.3) is 0 Å². The van der Waals surface area contributed by atoms with Crippen LogP contribution < -0.4 is 10.6 Å². The van der Waals surface area contributed by atoms with Crippen LogP contribution in [-0.2, 0) is 11.3 Å². The summed E-state index contributed by atoms with van der Waals surface area (Å²) >= 11 is 0. The number of terminal acetylenes is 1. The smallest absolute Gasteiger partial charge is 0.318 e. The Morgan fingerprint density at radius 1 is 1.39 bits per heavy atom. The monoisotopic (exact) mass is 256 g/mol. The van der Waals surface area contributed by atoms with E-state index in [2.05, 4.69) is 11.2 Å². The Balaban J connectivity index is 2.65. The van der Waals surface area contributed by atoms with Crippen molar-refractivity contribution >= 4 is 11.6 Å². The summed E-state index contributed by atoms with van der Waals surface area (Å²) in [6.07, 6.45) is 0.151. The van der Waals surface area contributed by atoms with Crippen molar-refractivity contribution in [3.8, 4) is 12.3 Å². The number of carbonyl (C=O) groups excluding carboxylic acids is 1. The van der Waals surface area contributed by atoms with Crippen LogP contribution in [0.1, 0.15) is 5.56 Å². The molecule has 0 aliphatic heterocycles. The fourth-order valence-corrected chi connectivity index (χ4v) is 1.24. The van der Waals surface area contributed by atoms with E-state index in [1.54, 1.807) is 17.4 Å². The van der Waals surface area contributed by atoms with Crippen molar-refractivity contribution < 1.29 is 18.0 Å². The van der Waals surface area contributed by atoms with Crippen LogP contribution in [0.4, 0.5) is 18.9 Å². The number of nitrogens with one attached hydrogen (secondary N) is 2. The van der Waals surface area contributed by atoms with Gasteiger partial charge in [-0.1, -0.05) is 18.1 Å². The van der Waals surface area contributed by atoms with Gasteiger partial charge in [-0.25, -0.2) is 0 Å². The molecular formula is C12H11F3N2O. The minimum absolute atomic E-state index is 0.0948. The standard InChI is InChI=1S/C12H11F3N2O/c1-2-6-16-8-9-4-3-5-10(7-9)17-11(18)12(13,14)15/h1,3-5,7,16H,6,8H2,(H,17,18). The Hall–Kier alpha value is -2.00. The highest BCUT2D eigenvalue weighted by Crippen LogP contribution is 2.18. The number of benzene rings is 1. The number of hydrogen-bond donors (Lipinski definition) is 2. The second kappa shape index (κ2) is 6.07. The van der Waals surface area contributed by atoms with Gasteiger partial charge in [-0.2, -0.15) is 13.2 Å². The summed E-state index contributed by atoms with van der Waals surface area (Å²) in [6.45, 7) is 0.777. The van der Waals surface area contributed by atoms with Gasteiger partial charge in [-0.05, 0) is 17.7 Å². The zero-order valence-electron chi connectivity index (χ0n) is 9.34. The van der Waals surface area contributed by atoms with E-state index < -0.39 is 12.1 Å². The second-order valence-corrected chi connectivity index (χ2v) is 3.46. The van der Waals surface area contributed by atoms with Crippen LogP contribution in [0.2, 0.25) is 0 Å². The van der Waals surface area contributed by atoms with Gasteiger partial charge in [-0.15, -0.1) is 6.42 Å². The normalized spacial score (nSPS) is 10.8. The lowest BCUT2D eigenvalue weighted by atomic mass is 10.2. The number of carbonyl (C=O) groups is 1. The molecule has 18 heavy (non-hydrogen) atoms. The SMILES string of the molecule is C#CCNCc1cccc(NC(=O)C(F)(F)F)c1. The van der Waals surface area contributed by atoms with Crippen molar-refractivity contribution in [2.45, 2.75) is 12.7 Å². The maximum atomic E-state index is 12.0. The number of alkyl halides is 3. The molecule has 0 aliphatic carbocycles. The van der Waals surface area contributed by atoms with Gasteiger partial charge < -0.3 is 10.6 Å². The molecule has 1 aromatic rings. The summed E-state index contributed by atoms with van der Waals surface area (Å²) in [5.41, 5.74) is 0.822. The van der Waals surface area contributed by atoms with Crippen molar-refractivity contribution in [2.75, 3.05) is 11.9 Å². The lowest BCUT2D eigenvalue weighted by molar-refractivity contribution is -0.167. The maximum absolute atomic E-state index is 12.0. The fraction of sp³-hybridized carbons (Fsp3) is 0.250. The minimum atomic E-state index is -4.89. The van der Waals surface area contributed by atoms with E-state index >= 15 is 0 Å². The molecule has 96 valence electrons. The molecule has 1 aromatic carbocycles. The van der Waals surface area contributed by atoms with Gasteiger partial charge in [0.25, 0.3) is 0 Å². The molecule has 1 amide bonds. The van der Waals surface area contributed by atoms with E-state index in [-0.39, 0.29) is 5.69 Å². The van der Waals surface area contributed by atoms with E-state index in [4.69, 9.17) is 6.42 Å². The average Bonchev–Trinajstić information content (AvgIpc) is 2.28. The van der Waals surface area contributed by atoms with E-state index in [9.17, 15) is 18.0 Å². The molecule has 0 heterocycles. The molecule has 6 heteroatoms. The quantitative estimate of drug-likeness (QED) is 0.638. The first kappa shape index (κ1) is 14.1. The molecule has 0 aliphatic rings. The minimum Gasteiger partial charge on any atom is -0.318 e. The van der Waals surface area contributed by atoms with Crippen molar-refractivity contribution in [1.82, 2.24) is 5.32 Å². The lowest BCUT2D eigenvalue weighted by Gasteiger charge is -2.09. The zero-order chi connectivity index (χ0) is 13.6. The number of anilines is 1. The van der Waals surface area contributed by atoms with Crippen LogP contribution in [0.3, 0.4) is 0 Å². The fourth-order valence-electron chi connectivity index (χ4n) is 1.24. The Labute approximate surface area is 102 Å². The number of rotatable bonds is 4. The van der Waals surface area contributed by atoms with Gasteiger partial charge in [-0.3, -0.25) is 4.79 Å². The Morgan fingerprint density at radius 3 is 2.72 bits per heavy atom. The maximum Gasteiger partial charge on any atom is 0.471 e. The third-order valence-electron chi connectivity index (χ3n) is 2.00.